The fourth-order valence-corrected chi connectivity index (χ4v) is 3.11. The van der Waals surface area contributed by atoms with Crippen molar-refractivity contribution in [2.24, 2.45) is 0 Å². The highest BCUT2D eigenvalue weighted by molar-refractivity contribution is 6.61. The monoisotopic (exact) mass is 335 g/mol. The molecule has 0 radical (unpaired) electrons. The summed E-state index contributed by atoms with van der Waals surface area (Å²) in [6.07, 6.45) is 0.945. The predicted octanol–water partition coefficient (Wildman–Crippen LogP) is 3.44. The van der Waals surface area contributed by atoms with Crippen LogP contribution in [-0.2, 0) is 15.9 Å². The first-order valence-corrected chi connectivity index (χ1v) is 8.51. The van der Waals surface area contributed by atoms with Crippen LogP contribution < -0.4 is 10.2 Å². The van der Waals surface area contributed by atoms with Crippen molar-refractivity contribution in [3.8, 4) is 11.8 Å². The Morgan fingerprint density at radius 3 is 2.68 bits per heavy atom. The molecule has 0 N–H and O–H groups in total. The SMILES string of the molecule is CC1CC(C)(C)OB(c2ccc(OCc3ccccc3)c(C#N)c2)O1. The molecule has 1 aliphatic rings. The van der Waals surface area contributed by atoms with Crippen molar-refractivity contribution in [1.29, 1.82) is 5.26 Å². The molecule has 1 saturated heterocycles. The zero-order valence-corrected chi connectivity index (χ0v) is 14.9. The molecule has 5 heteroatoms. The van der Waals surface area contributed by atoms with Crippen LogP contribution in [0.3, 0.4) is 0 Å². The minimum atomic E-state index is -0.464. The second-order valence-corrected chi connectivity index (χ2v) is 7.00. The topological polar surface area (TPSA) is 51.5 Å². The Labute approximate surface area is 149 Å². The van der Waals surface area contributed by atoms with E-state index in [1.54, 1.807) is 6.07 Å². The first kappa shape index (κ1) is 17.5. The summed E-state index contributed by atoms with van der Waals surface area (Å²) in [6, 6.07) is 17.6. The Bertz CT molecular complexity index is 770. The third-order valence-corrected chi connectivity index (χ3v) is 4.19. The first-order chi connectivity index (χ1) is 12.0. The number of nitriles is 1. The van der Waals surface area contributed by atoms with Crippen LogP contribution >= 0.6 is 0 Å². The zero-order chi connectivity index (χ0) is 17.9. The van der Waals surface area contributed by atoms with Gasteiger partial charge in [0.1, 0.15) is 18.4 Å². The van der Waals surface area contributed by atoms with Gasteiger partial charge in [-0.3, -0.25) is 0 Å². The average Bonchev–Trinajstić information content (AvgIpc) is 2.59. The van der Waals surface area contributed by atoms with Crippen LogP contribution in [0.2, 0.25) is 0 Å². The van der Waals surface area contributed by atoms with Crippen molar-refractivity contribution in [3.63, 3.8) is 0 Å². The number of ether oxygens (including phenoxy) is 1. The maximum atomic E-state index is 9.48. The van der Waals surface area contributed by atoms with Crippen molar-refractivity contribution in [3.05, 3.63) is 59.7 Å². The lowest BCUT2D eigenvalue weighted by Crippen LogP contribution is -2.51. The minimum absolute atomic E-state index is 0.105. The Hall–Kier alpha value is -2.29. The summed E-state index contributed by atoms with van der Waals surface area (Å²) in [7, 11) is -0.464. The molecule has 25 heavy (non-hydrogen) atoms. The van der Waals surface area contributed by atoms with E-state index >= 15 is 0 Å². The zero-order valence-electron chi connectivity index (χ0n) is 14.9. The molecular weight excluding hydrogens is 313 g/mol. The molecule has 0 aromatic heterocycles. The second-order valence-electron chi connectivity index (χ2n) is 7.00. The molecule has 0 bridgehead atoms. The number of nitrogens with zero attached hydrogens (tertiary/aromatic N) is 1. The predicted molar refractivity (Wildman–Crippen MR) is 97.6 cm³/mol. The largest absolute Gasteiger partial charge is 0.494 e. The van der Waals surface area contributed by atoms with Crippen molar-refractivity contribution < 1.29 is 14.0 Å². The highest BCUT2D eigenvalue weighted by Gasteiger charge is 2.38. The third-order valence-electron chi connectivity index (χ3n) is 4.19. The molecular formula is C20H22BNO3. The fourth-order valence-electron chi connectivity index (χ4n) is 3.11. The fraction of sp³-hybridized carbons (Fsp3) is 0.350. The molecule has 1 atom stereocenters. The van der Waals surface area contributed by atoms with Gasteiger partial charge in [-0.15, -0.1) is 0 Å². The molecule has 1 fully saturated rings. The summed E-state index contributed by atoms with van der Waals surface area (Å²) in [5, 5.41) is 9.48. The number of benzene rings is 2. The van der Waals surface area contributed by atoms with E-state index in [9.17, 15) is 5.26 Å². The molecule has 2 aromatic carbocycles. The molecule has 2 aromatic rings. The quantitative estimate of drug-likeness (QED) is 0.803. The number of hydrogen-bond donors (Lipinski definition) is 0. The lowest BCUT2D eigenvalue weighted by Gasteiger charge is -2.38. The third kappa shape index (κ3) is 4.42. The van der Waals surface area contributed by atoms with Gasteiger partial charge in [0.25, 0.3) is 0 Å². The lowest BCUT2D eigenvalue weighted by atomic mass is 9.74. The van der Waals surface area contributed by atoms with Crippen LogP contribution in [0.15, 0.2) is 48.5 Å². The minimum Gasteiger partial charge on any atom is -0.488 e. The van der Waals surface area contributed by atoms with E-state index in [1.807, 2.05) is 49.4 Å². The van der Waals surface area contributed by atoms with Gasteiger partial charge >= 0.3 is 7.12 Å². The number of rotatable bonds is 4. The van der Waals surface area contributed by atoms with E-state index in [2.05, 4.69) is 19.9 Å². The summed E-state index contributed by atoms with van der Waals surface area (Å²) in [5.74, 6) is 0.568. The smallest absolute Gasteiger partial charge is 0.488 e. The van der Waals surface area contributed by atoms with Gasteiger partial charge in [-0.1, -0.05) is 36.4 Å². The van der Waals surface area contributed by atoms with Crippen molar-refractivity contribution in [2.75, 3.05) is 0 Å². The van der Waals surface area contributed by atoms with Crippen LogP contribution in [-0.4, -0.2) is 18.8 Å². The summed E-state index contributed by atoms with van der Waals surface area (Å²) in [4.78, 5) is 0. The van der Waals surface area contributed by atoms with Gasteiger partial charge in [-0.05, 0) is 50.4 Å². The van der Waals surface area contributed by atoms with E-state index < -0.39 is 7.12 Å². The van der Waals surface area contributed by atoms with Crippen LogP contribution in [0, 0.1) is 11.3 Å². The van der Waals surface area contributed by atoms with E-state index in [0.29, 0.717) is 17.9 Å². The number of hydrogen-bond acceptors (Lipinski definition) is 4. The van der Waals surface area contributed by atoms with E-state index in [-0.39, 0.29) is 11.7 Å². The summed E-state index contributed by atoms with van der Waals surface area (Å²) < 4.78 is 17.7. The first-order valence-electron chi connectivity index (χ1n) is 8.51. The molecule has 0 spiro atoms. The van der Waals surface area contributed by atoms with Crippen molar-refractivity contribution in [1.82, 2.24) is 0 Å². The lowest BCUT2D eigenvalue weighted by molar-refractivity contribution is -0.0229. The normalized spacial score (nSPS) is 19.3. The van der Waals surface area contributed by atoms with Crippen LogP contribution in [0.5, 0.6) is 5.75 Å². The molecule has 3 rings (SSSR count). The molecule has 0 aliphatic carbocycles. The van der Waals surface area contributed by atoms with Gasteiger partial charge in [0.2, 0.25) is 0 Å². The van der Waals surface area contributed by atoms with Crippen molar-refractivity contribution in [2.45, 2.75) is 45.5 Å². The van der Waals surface area contributed by atoms with Gasteiger partial charge in [0, 0.05) is 6.10 Å². The van der Waals surface area contributed by atoms with Gasteiger partial charge < -0.3 is 14.0 Å². The molecule has 128 valence electrons. The Balaban J connectivity index is 1.76. The standard InChI is InChI=1S/C20H22BNO3/c1-15-12-20(2,3)25-21(24-15)18-9-10-19(17(11-18)13-22)23-14-16-7-5-4-6-8-16/h4-11,15H,12,14H2,1-3H3. The maximum Gasteiger partial charge on any atom is 0.494 e. The Morgan fingerprint density at radius 2 is 2.00 bits per heavy atom. The maximum absolute atomic E-state index is 9.48. The summed E-state index contributed by atoms with van der Waals surface area (Å²) >= 11 is 0. The van der Waals surface area contributed by atoms with Crippen molar-refractivity contribution >= 4 is 12.6 Å². The van der Waals surface area contributed by atoms with E-state index in [0.717, 1.165) is 17.4 Å². The van der Waals surface area contributed by atoms with E-state index in [1.165, 1.54) is 0 Å². The average molecular weight is 335 g/mol. The summed E-state index contributed by atoms with van der Waals surface area (Å²) in [5.41, 5.74) is 2.13. The highest BCUT2D eigenvalue weighted by Crippen LogP contribution is 2.26. The van der Waals surface area contributed by atoms with Crippen LogP contribution in [0.25, 0.3) is 0 Å². The van der Waals surface area contributed by atoms with Gasteiger partial charge in [0.15, 0.2) is 0 Å². The Morgan fingerprint density at radius 1 is 1.24 bits per heavy atom. The molecule has 1 unspecified atom stereocenters. The second kappa shape index (κ2) is 7.31. The molecule has 0 saturated carbocycles. The van der Waals surface area contributed by atoms with Crippen LogP contribution in [0.4, 0.5) is 0 Å². The Kier molecular flexibility index (Phi) is 5.12. The van der Waals surface area contributed by atoms with E-state index in [4.69, 9.17) is 14.0 Å². The highest BCUT2D eigenvalue weighted by atomic mass is 16.6. The molecule has 4 nitrogen and oxygen atoms in total. The van der Waals surface area contributed by atoms with Gasteiger partial charge in [0.05, 0.1) is 11.2 Å². The van der Waals surface area contributed by atoms with Gasteiger partial charge in [-0.25, -0.2) is 0 Å². The molecule has 0 amide bonds. The molecule has 1 heterocycles. The van der Waals surface area contributed by atoms with Gasteiger partial charge in [-0.2, -0.15) is 5.26 Å². The van der Waals surface area contributed by atoms with Crippen LogP contribution in [0.1, 0.15) is 38.3 Å². The summed E-state index contributed by atoms with van der Waals surface area (Å²) in [6.45, 7) is 6.58. The molecule has 1 aliphatic heterocycles.